The smallest absolute Gasteiger partial charge is 0.242 e. The minimum Gasteiger partial charge on any atom is -0.497 e. The molecular weight excluding hydrogens is 493 g/mol. The van der Waals surface area contributed by atoms with Gasteiger partial charge in [-0.05, 0) is 43.9 Å². The fraction of sp³-hybridized carbons (Fsp3) is 0.636. The van der Waals surface area contributed by atoms with E-state index in [4.69, 9.17) is 4.74 Å². The monoisotopic (exact) mass is 529 g/mol. The Bertz CT molecular complexity index is 677. The Kier molecular flexibility index (Phi) is 10.7. The first-order valence-electron chi connectivity index (χ1n) is 10.9. The molecule has 1 amide bonds. The minimum absolute atomic E-state index is 0. The SMILES string of the molecule is CCNC(=NCC(=O)NCc1ccc(OC)cc1)NC1CCN(C2CCCC2)C1.I. The molecule has 0 spiro atoms. The molecule has 1 aromatic rings. The lowest BCUT2D eigenvalue weighted by atomic mass is 10.2. The molecule has 168 valence electrons. The van der Waals surface area contributed by atoms with Gasteiger partial charge < -0.3 is 20.7 Å². The molecule has 3 rings (SSSR count). The van der Waals surface area contributed by atoms with Crippen LogP contribution in [0.5, 0.6) is 5.75 Å². The second kappa shape index (κ2) is 13.0. The summed E-state index contributed by atoms with van der Waals surface area (Å²) < 4.78 is 5.15. The first kappa shape index (κ1) is 24.7. The summed E-state index contributed by atoms with van der Waals surface area (Å²) in [5.41, 5.74) is 1.03. The fourth-order valence-corrected chi connectivity index (χ4v) is 4.17. The summed E-state index contributed by atoms with van der Waals surface area (Å²) in [6, 6.07) is 8.85. The molecule has 0 aromatic heterocycles. The molecule has 1 aromatic carbocycles. The molecular formula is C22H36IN5O2. The molecule has 0 bridgehead atoms. The topological polar surface area (TPSA) is 78.0 Å². The van der Waals surface area contributed by atoms with Gasteiger partial charge in [0.05, 0.1) is 7.11 Å². The predicted octanol–water partition coefficient (Wildman–Crippen LogP) is 2.50. The largest absolute Gasteiger partial charge is 0.497 e. The molecule has 1 saturated carbocycles. The summed E-state index contributed by atoms with van der Waals surface area (Å²) in [4.78, 5) is 19.3. The zero-order valence-electron chi connectivity index (χ0n) is 18.2. The number of nitrogens with one attached hydrogen (secondary N) is 3. The average Bonchev–Trinajstić information content (AvgIpc) is 3.43. The summed E-state index contributed by atoms with van der Waals surface area (Å²) in [7, 11) is 1.64. The highest BCUT2D eigenvalue weighted by molar-refractivity contribution is 14.0. The number of carbonyl (C=O) groups is 1. The third-order valence-corrected chi connectivity index (χ3v) is 5.78. The molecule has 1 unspecified atom stereocenters. The van der Waals surface area contributed by atoms with Crippen molar-refractivity contribution in [2.45, 2.75) is 57.7 Å². The molecule has 7 nitrogen and oxygen atoms in total. The molecule has 1 atom stereocenters. The maximum atomic E-state index is 12.2. The van der Waals surface area contributed by atoms with Crippen LogP contribution in [-0.4, -0.2) is 62.1 Å². The van der Waals surface area contributed by atoms with Gasteiger partial charge in [-0.2, -0.15) is 0 Å². The quantitative estimate of drug-likeness (QED) is 0.274. The highest BCUT2D eigenvalue weighted by Gasteiger charge is 2.30. The van der Waals surface area contributed by atoms with Crippen molar-refractivity contribution in [3.8, 4) is 5.75 Å². The lowest BCUT2D eigenvalue weighted by molar-refractivity contribution is -0.119. The third kappa shape index (κ3) is 7.61. The first-order valence-corrected chi connectivity index (χ1v) is 10.9. The van der Waals surface area contributed by atoms with Crippen molar-refractivity contribution in [3.05, 3.63) is 29.8 Å². The Morgan fingerprint density at radius 3 is 2.57 bits per heavy atom. The van der Waals surface area contributed by atoms with Crippen LogP contribution < -0.4 is 20.7 Å². The normalized spacial score (nSPS) is 19.9. The van der Waals surface area contributed by atoms with Gasteiger partial charge in [0.2, 0.25) is 5.91 Å². The van der Waals surface area contributed by atoms with Gasteiger partial charge in [0.25, 0.3) is 0 Å². The molecule has 3 N–H and O–H groups in total. The van der Waals surface area contributed by atoms with E-state index in [9.17, 15) is 4.79 Å². The van der Waals surface area contributed by atoms with Gasteiger partial charge in [-0.3, -0.25) is 9.69 Å². The average molecular weight is 529 g/mol. The zero-order valence-corrected chi connectivity index (χ0v) is 20.5. The van der Waals surface area contributed by atoms with Crippen molar-refractivity contribution in [1.29, 1.82) is 0 Å². The van der Waals surface area contributed by atoms with Crippen LogP contribution in [0.25, 0.3) is 0 Å². The van der Waals surface area contributed by atoms with Crippen LogP contribution in [0.15, 0.2) is 29.3 Å². The summed E-state index contributed by atoms with van der Waals surface area (Å²) in [5, 5.41) is 9.70. The lowest BCUT2D eigenvalue weighted by Gasteiger charge is -2.24. The van der Waals surface area contributed by atoms with Crippen molar-refractivity contribution < 1.29 is 9.53 Å². The standard InChI is InChI=1S/C22H35N5O2.HI/c1-3-23-22(26-18-12-13-27(16-18)19-6-4-5-7-19)25-15-21(28)24-14-17-8-10-20(29-2)11-9-17;/h8-11,18-19H,3-7,12-16H2,1-2H3,(H,24,28)(H2,23,25,26);1H. The van der Waals surface area contributed by atoms with E-state index in [0.717, 1.165) is 49.4 Å². The van der Waals surface area contributed by atoms with Gasteiger partial charge in [-0.1, -0.05) is 25.0 Å². The van der Waals surface area contributed by atoms with Crippen molar-refractivity contribution in [2.75, 3.05) is 33.3 Å². The molecule has 8 heteroatoms. The van der Waals surface area contributed by atoms with Crippen molar-refractivity contribution >= 4 is 35.8 Å². The number of rotatable bonds is 8. The molecule has 1 aliphatic carbocycles. The number of halogens is 1. The van der Waals surface area contributed by atoms with Crippen molar-refractivity contribution in [2.24, 2.45) is 4.99 Å². The van der Waals surface area contributed by atoms with E-state index in [0.29, 0.717) is 12.6 Å². The second-order valence-electron chi connectivity index (χ2n) is 7.88. The second-order valence-corrected chi connectivity index (χ2v) is 7.88. The Balaban J connectivity index is 0.00000320. The fourth-order valence-electron chi connectivity index (χ4n) is 4.17. The van der Waals surface area contributed by atoms with Crippen LogP contribution in [0.3, 0.4) is 0 Å². The van der Waals surface area contributed by atoms with E-state index < -0.39 is 0 Å². The number of benzene rings is 1. The number of guanidine groups is 1. The van der Waals surface area contributed by atoms with Gasteiger partial charge in [0.1, 0.15) is 12.3 Å². The van der Waals surface area contributed by atoms with Crippen LogP contribution >= 0.6 is 24.0 Å². The Hall–Kier alpha value is -1.55. The van der Waals surface area contributed by atoms with Crippen molar-refractivity contribution in [1.82, 2.24) is 20.9 Å². The van der Waals surface area contributed by atoms with E-state index >= 15 is 0 Å². The van der Waals surface area contributed by atoms with Gasteiger partial charge in [0, 0.05) is 38.3 Å². The summed E-state index contributed by atoms with van der Waals surface area (Å²) >= 11 is 0. The molecule has 30 heavy (non-hydrogen) atoms. The van der Waals surface area contributed by atoms with E-state index in [2.05, 4.69) is 25.8 Å². The molecule has 1 heterocycles. The molecule has 1 saturated heterocycles. The Labute approximate surface area is 197 Å². The predicted molar refractivity (Wildman–Crippen MR) is 132 cm³/mol. The van der Waals surface area contributed by atoms with Gasteiger partial charge >= 0.3 is 0 Å². The number of hydrogen-bond donors (Lipinski definition) is 3. The van der Waals surface area contributed by atoms with Crippen molar-refractivity contribution in [3.63, 3.8) is 0 Å². The maximum Gasteiger partial charge on any atom is 0.242 e. The summed E-state index contributed by atoms with van der Waals surface area (Å²) in [6.45, 7) is 5.65. The third-order valence-electron chi connectivity index (χ3n) is 5.78. The van der Waals surface area contributed by atoms with E-state index in [1.54, 1.807) is 7.11 Å². The highest BCUT2D eigenvalue weighted by Crippen LogP contribution is 2.26. The van der Waals surface area contributed by atoms with Crippen LogP contribution in [0.1, 0.15) is 44.6 Å². The molecule has 1 aliphatic heterocycles. The molecule has 0 radical (unpaired) electrons. The zero-order chi connectivity index (χ0) is 20.5. The number of methoxy groups -OCH3 is 1. The van der Waals surface area contributed by atoms with E-state index in [1.807, 2.05) is 31.2 Å². The number of amides is 1. The van der Waals surface area contributed by atoms with Crippen LogP contribution in [0, 0.1) is 0 Å². The Morgan fingerprint density at radius 2 is 1.90 bits per heavy atom. The van der Waals surface area contributed by atoms with Crippen LogP contribution in [0.2, 0.25) is 0 Å². The van der Waals surface area contributed by atoms with Gasteiger partial charge in [-0.25, -0.2) is 4.99 Å². The van der Waals surface area contributed by atoms with E-state index in [1.165, 1.54) is 25.7 Å². The molecule has 2 aliphatic rings. The number of aliphatic imine (C=N–C) groups is 1. The summed E-state index contributed by atoms with van der Waals surface area (Å²) in [5.74, 6) is 1.45. The minimum atomic E-state index is -0.0861. The lowest BCUT2D eigenvalue weighted by Crippen LogP contribution is -2.45. The van der Waals surface area contributed by atoms with Crippen LogP contribution in [-0.2, 0) is 11.3 Å². The first-order chi connectivity index (χ1) is 14.2. The van der Waals surface area contributed by atoms with E-state index in [-0.39, 0.29) is 36.4 Å². The number of nitrogens with zero attached hydrogens (tertiary/aromatic N) is 2. The number of carbonyl (C=O) groups excluding carboxylic acids is 1. The number of likely N-dealkylation sites (tertiary alicyclic amines) is 1. The van der Waals surface area contributed by atoms with Gasteiger partial charge in [-0.15, -0.1) is 24.0 Å². The number of hydrogen-bond acceptors (Lipinski definition) is 4. The number of ether oxygens (including phenoxy) is 1. The van der Waals surface area contributed by atoms with Crippen LogP contribution in [0.4, 0.5) is 0 Å². The highest BCUT2D eigenvalue weighted by atomic mass is 127. The maximum absolute atomic E-state index is 12.2. The summed E-state index contributed by atoms with van der Waals surface area (Å²) in [6.07, 6.45) is 6.55. The Morgan fingerprint density at radius 1 is 1.17 bits per heavy atom. The van der Waals surface area contributed by atoms with Gasteiger partial charge in [0.15, 0.2) is 5.96 Å². The molecule has 2 fully saturated rings.